The van der Waals surface area contributed by atoms with Crippen LogP contribution in [0.25, 0.3) is 10.9 Å². The molecule has 1 saturated heterocycles. The molecule has 1 fully saturated rings. The second kappa shape index (κ2) is 6.98. The molecule has 32 heavy (non-hydrogen) atoms. The number of carbonyl (C=O) groups excluding carboxylic acids is 1. The third-order valence-electron chi connectivity index (χ3n) is 7.20. The van der Waals surface area contributed by atoms with Crippen LogP contribution in [0.2, 0.25) is 0 Å². The summed E-state index contributed by atoms with van der Waals surface area (Å²) in [5.41, 5.74) is 10.6. The Morgan fingerprint density at radius 3 is 2.78 bits per heavy atom. The molecule has 4 heterocycles. The lowest BCUT2D eigenvalue weighted by Gasteiger charge is -2.52. The minimum Gasteiger partial charge on any atom is -0.454 e. The first-order valence-corrected chi connectivity index (χ1v) is 11.3. The zero-order valence-electron chi connectivity index (χ0n) is 18.5. The van der Waals surface area contributed by atoms with Crippen molar-refractivity contribution < 1.29 is 14.3 Å². The quantitative estimate of drug-likeness (QED) is 0.689. The molecule has 166 valence electrons. The summed E-state index contributed by atoms with van der Waals surface area (Å²) in [6.45, 7) is 4.72. The summed E-state index contributed by atoms with van der Waals surface area (Å²) in [6.07, 6.45) is 1.53. The number of carbonyl (C=O) groups is 1. The van der Waals surface area contributed by atoms with Gasteiger partial charge in [0.25, 0.3) is 5.91 Å². The number of aromatic nitrogens is 1. The van der Waals surface area contributed by atoms with Crippen molar-refractivity contribution in [1.82, 2.24) is 14.4 Å². The molecule has 0 unspecified atom stereocenters. The lowest BCUT2D eigenvalue weighted by atomic mass is 9.82. The van der Waals surface area contributed by atoms with Crippen molar-refractivity contribution in [3.8, 4) is 11.5 Å². The number of fused-ring (bicyclic) bond motifs is 5. The predicted octanol–water partition coefficient (Wildman–Crippen LogP) is 2.85. The summed E-state index contributed by atoms with van der Waals surface area (Å²) in [5, 5.41) is 1.19. The van der Waals surface area contributed by atoms with Gasteiger partial charge in [0.05, 0.1) is 6.04 Å². The normalized spacial score (nSPS) is 24.7. The van der Waals surface area contributed by atoms with Crippen LogP contribution in [0.1, 0.15) is 36.2 Å². The fraction of sp³-hybridized carbons (Fsp3) is 0.400. The smallest absolute Gasteiger partial charge is 0.257 e. The van der Waals surface area contributed by atoms with Crippen LogP contribution in [0.4, 0.5) is 0 Å². The molecular formula is C25H28N4O3. The number of hydrogen-bond acceptors (Lipinski definition) is 5. The summed E-state index contributed by atoms with van der Waals surface area (Å²) in [6, 6.07) is 14.5. The second-order valence-corrected chi connectivity index (χ2v) is 9.07. The number of nitrogens with two attached hydrogens (primary N) is 1. The highest BCUT2D eigenvalue weighted by Gasteiger charge is 2.53. The van der Waals surface area contributed by atoms with E-state index in [2.05, 4.69) is 52.8 Å². The highest BCUT2D eigenvalue weighted by atomic mass is 16.7. The van der Waals surface area contributed by atoms with E-state index in [9.17, 15) is 4.79 Å². The first-order chi connectivity index (χ1) is 15.5. The van der Waals surface area contributed by atoms with E-state index in [1.54, 1.807) is 4.90 Å². The third-order valence-corrected chi connectivity index (χ3v) is 7.20. The third kappa shape index (κ3) is 2.58. The first kappa shape index (κ1) is 19.6. The molecule has 6 rings (SSSR count). The van der Waals surface area contributed by atoms with Crippen LogP contribution in [0.15, 0.2) is 42.5 Å². The number of amides is 1. The number of piperazine rings is 1. The molecule has 7 heteroatoms. The van der Waals surface area contributed by atoms with E-state index < -0.39 is 5.66 Å². The number of rotatable bonds is 3. The van der Waals surface area contributed by atoms with Crippen molar-refractivity contribution in [2.45, 2.75) is 38.0 Å². The van der Waals surface area contributed by atoms with E-state index >= 15 is 0 Å². The second-order valence-electron chi connectivity index (χ2n) is 9.07. The Bertz CT molecular complexity index is 1240. The van der Waals surface area contributed by atoms with Crippen LogP contribution in [0.3, 0.4) is 0 Å². The Labute approximate surface area is 187 Å². The van der Waals surface area contributed by atoms with Crippen LogP contribution >= 0.6 is 0 Å². The van der Waals surface area contributed by atoms with Crippen LogP contribution in [0.5, 0.6) is 11.5 Å². The van der Waals surface area contributed by atoms with Crippen molar-refractivity contribution in [2.75, 3.05) is 26.9 Å². The molecule has 0 saturated carbocycles. The minimum atomic E-state index is -1.08. The fourth-order valence-corrected chi connectivity index (χ4v) is 5.74. The number of nitrogens with zero attached hydrogens (tertiary/aromatic N) is 3. The molecule has 2 N–H and O–H groups in total. The van der Waals surface area contributed by atoms with Gasteiger partial charge in [-0.05, 0) is 35.7 Å². The lowest BCUT2D eigenvalue weighted by Crippen LogP contribution is -2.73. The van der Waals surface area contributed by atoms with E-state index in [0.29, 0.717) is 19.5 Å². The number of benzene rings is 2. The average molecular weight is 433 g/mol. The SMILES string of the molecule is CCCn1c2c(c3ccccc31)C[C@]1(N)C(=O)N(C)CCN1[C@@H]2c1ccc2c(c1)OCO2. The molecule has 7 nitrogen and oxygen atoms in total. The van der Waals surface area contributed by atoms with Crippen molar-refractivity contribution in [3.63, 3.8) is 0 Å². The molecule has 2 aromatic carbocycles. The van der Waals surface area contributed by atoms with Crippen molar-refractivity contribution >= 4 is 16.8 Å². The van der Waals surface area contributed by atoms with Gasteiger partial charge in [-0.25, -0.2) is 0 Å². The van der Waals surface area contributed by atoms with E-state index in [1.165, 1.54) is 22.2 Å². The van der Waals surface area contributed by atoms with Crippen LogP contribution in [-0.4, -0.2) is 52.9 Å². The fourth-order valence-electron chi connectivity index (χ4n) is 5.74. The van der Waals surface area contributed by atoms with Gasteiger partial charge in [0.15, 0.2) is 17.2 Å². The summed E-state index contributed by atoms with van der Waals surface area (Å²) in [7, 11) is 1.85. The standard InChI is InChI=1S/C25H28N4O3/c1-3-10-28-19-7-5-4-6-17(19)18-14-25(26)24(30)27(2)11-12-29(25)22(23(18)28)16-8-9-20-21(13-16)32-15-31-20/h4-9,13,22H,3,10-12,14-15,26H2,1-2H3/t22-,25-/m1/s1. The summed E-state index contributed by atoms with van der Waals surface area (Å²) in [4.78, 5) is 17.4. The lowest BCUT2D eigenvalue weighted by molar-refractivity contribution is -0.152. The maximum absolute atomic E-state index is 13.4. The molecular weight excluding hydrogens is 404 g/mol. The number of para-hydroxylation sites is 1. The highest BCUT2D eigenvalue weighted by molar-refractivity contribution is 5.91. The zero-order valence-corrected chi connectivity index (χ0v) is 18.5. The number of hydrogen-bond donors (Lipinski definition) is 1. The Balaban J connectivity index is 1.64. The topological polar surface area (TPSA) is 73.0 Å². The summed E-state index contributed by atoms with van der Waals surface area (Å²) in [5.74, 6) is 1.48. The Morgan fingerprint density at radius 2 is 1.94 bits per heavy atom. The molecule has 3 aliphatic heterocycles. The molecule has 1 aromatic heterocycles. The van der Waals surface area contributed by atoms with Gasteiger partial charge >= 0.3 is 0 Å². The van der Waals surface area contributed by atoms with Gasteiger partial charge in [0, 0.05) is 49.7 Å². The molecule has 0 spiro atoms. The van der Waals surface area contributed by atoms with Gasteiger partial charge in [-0.1, -0.05) is 31.2 Å². The molecule has 0 aliphatic carbocycles. The van der Waals surface area contributed by atoms with E-state index in [-0.39, 0.29) is 18.7 Å². The Hall–Kier alpha value is -3.03. The van der Waals surface area contributed by atoms with Crippen molar-refractivity contribution in [2.24, 2.45) is 5.73 Å². The van der Waals surface area contributed by atoms with Gasteiger partial charge in [-0.15, -0.1) is 0 Å². The predicted molar refractivity (Wildman–Crippen MR) is 122 cm³/mol. The van der Waals surface area contributed by atoms with Gasteiger partial charge in [-0.2, -0.15) is 0 Å². The van der Waals surface area contributed by atoms with Crippen LogP contribution in [-0.2, 0) is 17.8 Å². The van der Waals surface area contributed by atoms with Crippen molar-refractivity contribution in [1.29, 1.82) is 0 Å². The van der Waals surface area contributed by atoms with Crippen LogP contribution in [0, 0.1) is 0 Å². The molecule has 3 aliphatic rings. The van der Waals surface area contributed by atoms with E-state index in [0.717, 1.165) is 30.0 Å². The van der Waals surface area contributed by atoms with Crippen LogP contribution < -0.4 is 15.2 Å². The van der Waals surface area contributed by atoms with E-state index in [4.69, 9.17) is 15.2 Å². The van der Waals surface area contributed by atoms with Gasteiger partial charge in [-0.3, -0.25) is 9.69 Å². The van der Waals surface area contributed by atoms with Crippen molar-refractivity contribution in [3.05, 3.63) is 59.3 Å². The Kier molecular flexibility index (Phi) is 4.29. The molecule has 1 amide bonds. The maximum Gasteiger partial charge on any atom is 0.257 e. The Morgan fingerprint density at radius 1 is 1.12 bits per heavy atom. The monoisotopic (exact) mass is 432 g/mol. The molecule has 0 bridgehead atoms. The average Bonchev–Trinajstić information content (AvgIpc) is 3.38. The van der Waals surface area contributed by atoms with Gasteiger partial charge in [0.1, 0.15) is 0 Å². The minimum absolute atomic E-state index is 0.0209. The number of aryl methyl sites for hydroxylation is 1. The maximum atomic E-state index is 13.4. The summed E-state index contributed by atoms with van der Waals surface area (Å²) < 4.78 is 13.7. The largest absolute Gasteiger partial charge is 0.454 e. The van der Waals surface area contributed by atoms with Gasteiger partial charge < -0.3 is 24.7 Å². The highest BCUT2D eigenvalue weighted by Crippen LogP contribution is 2.47. The van der Waals surface area contributed by atoms with E-state index in [1.807, 2.05) is 13.1 Å². The number of ether oxygens (including phenoxy) is 2. The molecule has 3 aromatic rings. The number of likely N-dealkylation sites (N-methyl/N-ethyl adjacent to an activating group) is 1. The van der Waals surface area contributed by atoms with Gasteiger partial charge in [0.2, 0.25) is 6.79 Å². The molecule has 0 radical (unpaired) electrons. The zero-order chi connectivity index (χ0) is 22.0. The molecule has 2 atom stereocenters. The summed E-state index contributed by atoms with van der Waals surface area (Å²) >= 11 is 0. The first-order valence-electron chi connectivity index (χ1n) is 11.3.